The highest BCUT2D eigenvalue weighted by molar-refractivity contribution is 6.21. The van der Waals surface area contributed by atoms with Gasteiger partial charge in [-0.05, 0) is 36.0 Å². The van der Waals surface area contributed by atoms with Crippen LogP contribution in [-0.2, 0) is 6.42 Å². The van der Waals surface area contributed by atoms with Gasteiger partial charge in [-0.1, -0.05) is 26.0 Å². The molecule has 1 aromatic carbocycles. The van der Waals surface area contributed by atoms with Crippen molar-refractivity contribution >= 4 is 11.6 Å². The summed E-state index contributed by atoms with van der Waals surface area (Å²) < 4.78 is 13.5. The van der Waals surface area contributed by atoms with Crippen molar-refractivity contribution in [2.75, 3.05) is 0 Å². The lowest BCUT2D eigenvalue weighted by Crippen LogP contribution is -2.16. The summed E-state index contributed by atoms with van der Waals surface area (Å²) >= 11 is 6.38. The normalized spacial score (nSPS) is 21.8. The average Bonchev–Trinajstić information content (AvgIpc) is 2.61. The van der Waals surface area contributed by atoms with Gasteiger partial charge in [-0.25, -0.2) is 4.39 Å². The maximum absolute atomic E-state index is 13.5. The van der Waals surface area contributed by atoms with Gasteiger partial charge >= 0.3 is 0 Å². The zero-order valence-corrected chi connectivity index (χ0v) is 9.89. The molecule has 0 nitrogen and oxygen atoms in total. The van der Waals surface area contributed by atoms with Crippen LogP contribution in [0.4, 0.5) is 4.39 Å². The van der Waals surface area contributed by atoms with Crippen molar-refractivity contribution in [3.05, 3.63) is 35.1 Å². The van der Waals surface area contributed by atoms with E-state index in [1.54, 1.807) is 12.1 Å². The van der Waals surface area contributed by atoms with Gasteiger partial charge in [0.25, 0.3) is 0 Å². The summed E-state index contributed by atoms with van der Waals surface area (Å²) in [7, 11) is 0. The number of benzene rings is 1. The minimum absolute atomic E-state index is 0.0670. The summed E-state index contributed by atoms with van der Waals surface area (Å²) in [5.74, 6) is 0.700. The van der Waals surface area contributed by atoms with Gasteiger partial charge in [0.2, 0.25) is 0 Å². The number of halogens is 2. The molecule has 0 N–H and O–H groups in total. The molecule has 0 saturated carbocycles. The van der Waals surface area contributed by atoms with Gasteiger partial charge < -0.3 is 0 Å². The molecule has 0 heterocycles. The third kappa shape index (κ3) is 1.90. The van der Waals surface area contributed by atoms with Gasteiger partial charge in [0, 0.05) is 11.3 Å². The van der Waals surface area contributed by atoms with Crippen molar-refractivity contribution < 1.29 is 4.39 Å². The lowest BCUT2D eigenvalue weighted by atomic mass is 9.91. The van der Waals surface area contributed by atoms with Gasteiger partial charge in [0.05, 0.1) is 0 Å². The number of hydrogen-bond donors (Lipinski definition) is 0. The number of hydrogen-bond acceptors (Lipinski definition) is 0. The fraction of sp³-hybridized carbons (Fsp3) is 0.538. The summed E-state index contributed by atoms with van der Waals surface area (Å²) in [4.78, 5) is 0. The monoisotopic (exact) mass is 226 g/mol. The zero-order valence-electron chi connectivity index (χ0n) is 9.13. The largest absolute Gasteiger partial charge is 0.207 e. The Bertz CT molecular complexity index is 360. The zero-order chi connectivity index (χ0) is 11.0. The first kappa shape index (κ1) is 10.9. The van der Waals surface area contributed by atoms with Crippen LogP contribution >= 0.6 is 11.6 Å². The highest BCUT2D eigenvalue weighted by Crippen LogP contribution is 2.40. The van der Waals surface area contributed by atoms with E-state index in [0.717, 1.165) is 24.0 Å². The van der Waals surface area contributed by atoms with E-state index in [0.29, 0.717) is 11.8 Å². The van der Waals surface area contributed by atoms with Crippen molar-refractivity contribution in [1.29, 1.82) is 0 Å². The van der Waals surface area contributed by atoms with E-state index in [2.05, 4.69) is 13.8 Å². The standard InChI is InChI=1S/C13H16ClF/c1-8(2)13(14)11-7-6-10-9(11)4-3-5-12(10)15/h3-5,8,11,13H,6-7H2,1-2H3. The summed E-state index contributed by atoms with van der Waals surface area (Å²) in [5.41, 5.74) is 2.01. The second-order valence-corrected chi connectivity index (χ2v) is 5.15. The van der Waals surface area contributed by atoms with Gasteiger partial charge in [0.15, 0.2) is 0 Å². The van der Waals surface area contributed by atoms with Crippen molar-refractivity contribution in [2.24, 2.45) is 5.92 Å². The summed E-state index contributed by atoms with van der Waals surface area (Å²) in [6.45, 7) is 4.24. The fourth-order valence-electron chi connectivity index (χ4n) is 2.44. The average molecular weight is 227 g/mol. The van der Waals surface area contributed by atoms with E-state index < -0.39 is 0 Å². The molecule has 0 radical (unpaired) electrons. The van der Waals surface area contributed by atoms with Crippen LogP contribution in [0.5, 0.6) is 0 Å². The van der Waals surface area contributed by atoms with Crippen LogP contribution < -0.4 is 0 Å². The van der Waals surface area contributed by atoms with Crippen LogP contribution in [-0.4, -0.2) is 5.38 Å². The van der Waals surface area contributed by atoms with E-state index in [4.69, 9.17) is 11.6 Å². The molecule has 0 amide bonds. The van der Waals surface area contributed by atoms with Crippen LogP contribution in [0.25, 0.3) is 0 Å². The molecule has 0 fully saturated rings. The Morgan fingerprint density at radius 3 is 2.80 bits per heavy atom. The van der Waals surface area contributed by atoms with Gasteiger partial charge in [-0.3, -0.25) is 0 Å². The van der Waals surface area contributed by atoms with Gasteiger partial charge in [0.1, 0.15) is 5.82 Å². The Morgan fingerprint density at radius 1 is 1.40 bits per heavy atom. The Morgan fingerprint density at radius 2 is 2.13 bits per heavy atom. The summed E-state index contributed by atoms with van der Waals surface area (Å²) in [6.07, 6.45) is 1.82. The third-order valence-corrected chi connectivity index (χ3v) is 4.09. The first-order valence-electron chi connectivity index (χ1n) is 5.52. The molecular formula is C13H16ClF. The van der Waals surface area contributed by atoms with E-state index in [9.17, 15) is 4.39 Å². The molecule has 0 aromatic heterocycles. The van der Waals surface area contributed by atoms with Crippen LogP contribution in [0.3, 0.4) is 0 Å². The summed E-state index contributed by atoms with van der Waals surface area (Å²) in [5, 5.41) is 0.119. The van der Waals surface area contributed by atoms with E-state index in [1.165, 1.54) is 0 Å². The lowest BCUT2D eigenvalue weighted by Gasteiger charge is -2.21. The molecule has 0 spiro atoms. The van der Waals surface area contributed by atoms with Crippen molar-refractivity contribution in [3.63, 3.8) is 0 Å². The molecule has 0 aliphatic heterocycles. The van der Waals surface area contributed by atoms with Crippen molar-refractivity contribution in [3.8, 4) is 0 Å². The molecule has 0 saturated heterocycles. The predicted molar refractivity (Wildman–Crippen MR) is 61.9 cm³/mol. The smallest absolute Gasteiger partial charge is 0.126 e. The Kier molecular flexibility index (Phi) is 3.01. The second kappa shape index (κ2) is 4.13. The lowest BCUT2D eigenvalue weighted by molar-refractivity contribution is 0.506. The minimum atomic E-state index is -0.0670. The molecule has 2 unspecified atom stereocenters. The Hall–Kier alpha value is -0.560. The molecule has 2 atom stereocenters. The van der Waals surface area contributed by atoms with Gasteiger partial charge in [-0.2, -0.15) is 0 Å². The predicted octanol–water partition coefficient (Wildman–Crippen LogP) is 4.12. The van der Waals surface area contributed by atoms with E-state index in [-0.39, 0.29) is 11.2 Å². The minimum Gasteiger partial charge on any atom is -0.207 e. The highest BCUT2D eigenvalue weighted by atomic mass is 35.5. The molecule has 82 valence electrons. The molecule has 1 aliphatic rings. The summed E-state index contributed by atoms with van der Waals surface area (Å²) in [6, 6.07) is 5.35. The quantitative estimate of drug-likeness (QED) is 0.666. The fourth-order valence-corrected chi connectivity index (χ4v) is 2.70. The van der Waals surface area contributed by atoms with E-state index in [1.807, 2.05) is 6.07 Å². The van der Waals surface area contributed by atoms with Crippen LogP contribution in [0.15, 0.2) is 18.2 Å². The molecule has 15 heavy (non-hydrogen) atoms. The highest BCUT2D eigenvalue weighted by Gasteiger charge is 2.31. The van der Waals surface area contributed by atoms with Crippen molar-refractivity contribution in [2.45, 2.75) is 38.0 Å². The van der Waals surface area contributed by atoms with E-state index >= 15 is 0 Å². The molecule has 1 aliphatic carbocycles. The van der Waals surface area contributed by atoms with Crippen LogP contribution in [0.2, 0.25) is 0 Å². The number of alkyl halides is 1. The molecule has 2 heteroatoms. The Labute approximate surface area is 95.4 Å². The number of rotatable bonds is 2. The topological polar surface area (TPSA) is 0 Å². The molecule has 0 bridgehead atoms. The van der Waals surface area contributed by atoms with Crippen molar-refractivity contribution in [1.82, 2.24) is 0 Å². The number of fused-ring (bicyclic) bond motifs is 1. The first-order valence-corrected chi connectivity index (χ1v) is 5.96. The van der Waals surface area contributed by atoms with Gasteiger partial charge in [-0.15, -0.1) is 11.6 Å². The third-order valence-electron chi connectivity index (χ3n) is 3.28. The maximum atomic E-state index is 13.5. The maximum Gasteiger partial charge on any atom is 0.126 e. The SMILES string of the molecule is CC(C)C(Cl)C1CCc2c(F)cccc21. The molecule has 2 rings (SSSR count). The van der Waals surface area contributed by atoms with Crippen LogP contribution in [0, 0.1) is 11.7 Å². The Balaban J connectivity index is 2.33. The second-order valence-electron chi connectivity index (χ2n) is 4.64. The molecular weight excluding hydrogens is 211 g/mol. The first-order chi connectivity index (χ1) is 7.11. The molecule has 1 aromatic rings. The van der Waals surface area contributed by atoms with Crippen LogP contribution in [0.1, 0.15) is 37.3 Å².